The topological polar surface area (TPSA) is 203 Å². The number of rotatable bonds is 14. The van der Waals surface area contributed by atoms with E-state index >= 15 is 9.59 Å². The van der Waals surface area contributed by atoms with Crippen LogP contribution in [-0.2, 0) is 54.0 Å². The molecule has 2 aromatic heterocycles. The molecule has 4 aliphatic heterocycles. The Bertz CT molecular complexity index is 2120. The quantitative estimate of drug-likeness (QED) is 0.147. The minimum absolute atomic E-state index is 0.122. The molecule has 6 heterocycles. The maximum Gasteiger partial charge on any atom is 0.410 e. The van der Waals surface area contributed by atoms with Gasteiger partial charge in [-0.2, -0.15) is 0 Å². The number of carbonyl (C=O) groups excluding carboxylic acids is 3. The van der Waals surface area contributed by atoms with E-state index in [1.165, 1.54) is 7.11 Å². The number of aliphatic hydroxyl groups excluding tert-OH is 2. The maximum atomic E-state index is 15.2. The average Bonchev–Trinajstić information content (AvgIpc) is 3.92. The van der Waals surface area contributed by atoms with Crippen LogP contribution in [0.2, 0.25) is 0 Å². The van der Waals surface area contributed by atoms with Crippen LogP contribution >= 0.6 is 0 Å². The van der Waals surface area contributed by atoms with Crippen molar-refractivity contribution in [1.82, 2.24) is 24.3 Å². The molecule has 0 spiro atoms. The van der Waals surface area contributed by atoms with Crippen molar-refractivity contribution in [2.45, 2.75) is 225 Å². The highest BCUT2D eigenvalue weighted by molar-refractivity contribution is 5.85. The Morgan fingerprint density at radius 2 is 1.60 bits per heavy atom. The van der Waals surface area contributed by atoms with Gasteiger partial charge in [-0.15, -0.1) is 0 Å². The molecule has 406 valence electrons. The fourth-order valence-electron chi connectivity index (χ4n) is 12.0. The molecule has 2 N–H and O–H groups in total. The summed E-state index contributed by atoms with van der Waals surface area (Å²) in [6.45, 7) is 25.5. The third-order valence-corrected chi connectivity index (χ3v) is 16.7. The number of imidazole rings is 1. The number of hydrogen-bond donors (Lipinski definition) is 2. The van der Waals surface area contributed by atoms with Gasteiger partial charge in [0.15, 0.2) is 18.2 Å². The average molecular weight is 1010 g/mol. The summed E-state index contributed by atoms with van der Waals surface area (Å²) in [6, 6.07) is 2.67. The number of carbonyl (C=O) groups is 3. The van der Waals surface area contributed by atoms with E-state index in [-0.39, 0.29) is 49.3 Å². The number of Topliss-reactive ketones (excluding diaryl/α,β-unsaturated/α-hetero) is 1. The largest absolute Gasteiger partial charge is 0.458 e. The SMILES string of the molecule is CC[C@H]1OC(=O)[C@H](C)[C@@H](O[C@H]2C[C@@](C)(OC)[C@@H](O)[C@H](C)O2)[C@H](C)[C@@H](O[C@@H]2O[C@H](C)C[C@H](N(C)C(C)(C)C)[C@H]2O)[C@](C)(OC)C[C@@H](C)C(=O)[C@H](C)[C@H]2N(CCCCn3cnc(-c4cccnc4)c3)C(=O)O[C@]12C. The van der Waals surface area contributed by atoms with Crippen LogP contribution in [-0.4, -0.2) is 170 Å². The molecule has 0 radical (unpaired) electrons. The number of hydrogen-bond acceptors (Lipinski definition) is 16. The first kappa shape index (κ1) is 57.7. The number of unbranched alkanes of at least 4 members (excludes halogenated alkanes) is 1. The van der Waals surface area contributed by atoms with E-state index < -0.39 is 108 Å². The second-order valence-corrected chi connectivity index (χ2v) is 22.9. The molecule has 4 fully saturated rings. The standard InChI is InChI=1S/C54H87N5O13/c1-17-40-54(13)45(59(50(64)72-54)24-19-18-23-58-29-38(56-30-58)37-21-20-22-55-28-37)33(4)42(60)31(2)26-53(12,66-16)47(71-49-43(61)39(25-32(3)67-49)57(14)51(8,9)10)34(5)44(35(6)48(63)69-40)70-41-27-52(11,65-15)46(62)36(7)68-41/h20-22,28-36,39-41,43-47,49,61-62H,17-19,23-27H2,1-16H3/t31-,32-,33+,34+,35-,36+,39+,40-,41+,43-,44+,45-,46+,47-,49+,52-,53-,54-/m1/s1. The van der Waals surface area contributed by atoms with Crippen LogP contribution in [0.3, 0.4) is 0 Å². The molecule has 18 atom stereocenters. The van der Waals surface area contributed by atoms with Gasteiger partial charge in [-0.25, -0.2) is 9.78 Å². The first-order chi connectivity index (χ1) is 33.7. The Kier molecular flexibility index (Phi) is 18.5. The zero-order valence-corrected chi connectivity index (χ0v) is 45.9. The number of aromatic nitrogens is 3. The van der Waals surface area contributed by atoms with Crippen LogP contribution in [0.4, 0.5) is 4.79 Å². The number of methoxy groups -OCH3 is 2. The van der Waals surface area contributed by atoms with E-state index in [9.17, 15) is 15.0 Å². The fraction of sp³-hybridized carbons (Fsp3) is 0.796. The van der Waals surface area contributed by atoms with Gasteiger partial charge in [0.05, 0.1) is 59.6 Å². The Labute approximate surface area is 428 Å². The Morgan fingerprint density at radius 1 is 0.917 bits per heavy atom. The summed E-state index contributed by atoms with van der Waals surface area (Å²) < 4.78 is 54.1. The van der Waals surface area contributed by atoms with Crippen LogP contribution in [0.15, 0.2) is 37.1 Å². The number of fused-ring (bicyclic) bond motifs is 1. The zero-order valence-electron chi connectivity index (χ0n) is 45.9. The van der Waals surface area contributed by atoms with Crippen molar-refractivity contribution in [2.24, 2.45) is 23.7 Å². The summed E-state index contributed by atoms with van der Waals surface area (Å²) in [4.78, 5) is 57.0. The summed E-state index contributed by atoms with van der Waals surface area (Å²) >= 11 is 0. The minimum Gasteiger partial charge on any atom is -0.458 e. The van der Waals surface area contributed by atoms with E-state index in [4.69, 9.17) is 37.9 Å². The molecule has 0 aliphatic carbocycles. The highest BCUT2D eigenvalue weighted by atomic mass is 16.7. The molecule has 72 heavy (non-hydrogen) atoms. The predicted molar refractivity (Wildman–Crippen MR) is 268 cm³/mol. The van der Waals surface area contributed by atoms with E-state index in [0.717, 1.165) is 11.3 Å². The monoisotopic (exact) mass is 1010 g/mol. The van der Waals surface area contributed by atoms with Crippen molar-refractivity contribution >= 4 is 17.8 Å². The number of cyclic esters (lactones) is 1. The number of pyridine rings is 1. The molecule has 0 bridgehead atoms. The second kappa shape index (κ2) is 23.1. The molecule has 0 unspecified atom stereocenters. The first-order valence-electron chi connectivity index (χ1n) is 26.2. The lowest BCUT2D eigenvalue weighted by atomic mass is 9.73. The molecule has 6 rings (SSSR count). The van der Waals surface area contributed by atoms with Gasteiger partial charge in [-0.1, -0.05) is 27.7 Å². The van der Waals surface area contributed by atoms with Crippen molar-refractivity contribution in [2.75, 3.05) is 27.8 Å². The number of nitrogens with zero attached hydrogens (tertiary/aromatic N) is 5. The van der Waals surface area contributed by atoms with Gasteiger partial charge in [0.1, 0.15) is 24.1 Å². The molecule has 4 aliphatic rings. The van der Waals surface area contributed by atoms with Crippen molar-refractivity contribution in [3.63, 3.8) is 0 Å². The number of likely N-dealkylation sites (N-methyl/N-ethyl adjacent to an activating group) is 1. The van der Waals surface area contributed by atoms with Gasteiger partial charge in [0.25, 0.3) is 0 Å². The van der Waals surface area contributed by atoms with Gasteiger partial charge in [-0.05, 0) is 114 Å². The lowest BCUT2D eigenvalue weighted by molar-refractivity contribution is -0.320. The molecule has 1 amide bonds. The third kappa shape index (κ3) is 12.1. The Hall–Kier alpha value is -3.59. The van der Waals surface area contributed by atoms with E-state index in [1.54, 1.807) is 58.4 Å². The fourth-order valence-corrected chi connectivity index (χ4v) is 12.0. The number of aryl methyl sites for hydroxylation is 1. The van der Waals surface area contributed by atoms with Gasteiger partial charge in [0.2, 0.25) is 0 Å². The lowest BCUT2D eigenvalue weighted by Gasteiger charge is -2.51. The van der Waals surface area contributed by atoms with E-state index in [1.807, 2.05) is 71.5 Å². The van der Waals surface area contributed by atoms with Crippen LogP contribution in [0, 0.1) is 23.7 Å². The van der Waals surface area contributed by atoms with Crippen LogP contribution in [0.1, 0.15) is 129 Å². The van der Waals surface area contributed by atoms with E-state index in [2.05, 4.69) is 35.6 Å². The first-order valence-corrected chi connectivity index (χ1v) is 26.2. The highest BCUT2D eigenvalue weighted by Gasteiger charge is 2.61. The summed E-state index contributed by atoms with van der Waals surface area (Å²) in [6.07, 6.45) is 0.863. The van der Waals surface area contributed by atoms with Crippen LogP contribution in [0.5, 0.6) is 0 Å². The molecular formula is C54H87N5O13. The number of aliphatic hydroxyl groups is 2. The molecule has 2 aromatic rings. The van der Waals surface area contributed by atoms with E-state index in [0.29, 0.717) is 25.8 Å². The summed E-state index contributed by atoms with van der Waals surface area (Å²) in [7, 11) is 5.07. The normalized spacial score (nSPS) is 39.6. The van der Waals surface area contributed by atoms with Crippen molar-refractivity contribution in [3.05, 3.63) is 37.1 Å². The number of ketones is 1. The van der Waals surface area contributed by atoms with Crippen LogP contribution < -0.4 is 0 Å². The van der Waals surface area contributed by atoms with Gasteiger partial charge in [-0.3, -0.25) is 19.5 Å². The number of ether oxygens (including phenoxy) is 8. The van der Waals surface area contributed by atoms with Gasteiger partial charge < -0.3 is 57.6 Å². The Morgan fingerprint density at radius 3 is 2.22 bits per heavy atom. The zero-order chi connectivity index (χ0) is 53.2. The van der Waals surface area contributed by atoms with Gasteiger partial charge >= 0.3 is 12.1 Å². The number of amides is 1. The summed E-state index contributed by atoms with van der Waals surface area (Å²) in [5.41, 5.74) is -2.33. The highest BCUT2D eigenvalue weighted by Crippen LogP contribution is 2.45. The lowest BCUT2D eigenvalue weighted by Crippen LogP contribution is -2.63. The molecular weight excluding hydrogens is 927 g/mol. The van der Waals surface area contributed by atoms with Crippen molar-refractivity contribution in [3.8, 4) is 11.3 Å². The van der Waals surface area contributed by atoms with Gasteiger partial charge in [0, 0.05) is 87.2 Å². The molecule has 18 nitrogen and oxygen atoms in total. The second-order valence-electron chi connectivity index (χ2n) is 22.9. The predicted octanol–water partition coefficient (Wildman–Crippen LogP) is 6.81. The number of esters is 1. The molecule has 18 heteroatoms. The van der Waals surface area contributed by atoms with Crippen molar-refractivity contribution in [1.29, 1.82) is 0 Å². The van der Waals surface area contributed by atoms with Crippen LogP contribution in [0.25, 0.3) is 11.3 Å². The smallest absolute Gasteiger partial charge is 0.410 e. The Balaban J connectivity index is 1.38. The minimum atomic E-state index is -1.43. The summed E-state index contributed by atoms with van der Waals surface area (Å²) in [5, 5.41) is 23.4. The maximum absolute atomic E-state index is 15.2. The van der Waals surface area contributed by atoms with Crippen molar-refractivity contribution < 1.29 is 62.5 Å². The third-order valence-electron chi connectivity index (χ3n) is 16.7. The molecule has 4 saturated heterocycles. The molecule has 0 saturated carbocycles. The summed E-state index contributed by atoms with van der Waals surface area (Å²) in [5.74, 6) is -3.95. The molecule has 0 aromatic carbocycles.